The molecule has 40 valence electrons. The maximum absolute atomic E-state index is 4.89. The molecule has 0 saturated carbocycles. The van der Waals surface area contributed by atoms with Gasteiger partial charge in [0.25, 0.3) is 0 Å². The molecule has 0 atom stereocenters. The van der Waals surface area contributed by atoms with Gasteiger partial charge < -0.3 is 0 Å². The van der Waals surface area contributed by atoms with E-state index in [0.29, 0.717) is 0 Å². The summed E-state index contributed by atoms with van der Waals surface area (Å²) in [5.74, 6) is 0. The van der Waals surface area contributed by atoms with E-state index >= 15 is 0 Å². The van der Waals surface area contributed by atoms with Gasteiger partial charge in [-0.15, -0.1) is 0 Å². The van der Waals surface area contributed by atoms with Crippen molar-refractivity contribution in [2.45, 2.75) is 6.82 Å². The first-order valence-corrected chi connectivity index (χ1v) is 7.28. The minimum atomic E-state index is -0.0432. The van der Waals surface area contributed by atoms with Crippen LogP contribution in [-0.4, -0.2) is 6.15 Å². The molecule has 0 aliphatic carbocycles. The molecule has 0 aromatic heterocycles. The Morgan fingerprint density at radius 1 is 1.71 bits per heavy atom. The molecule has 0 aromatic rings. The molecule has 0 aliphatic rings. The Labute approximate surface area is 60.3 Å². The van der Waals surface area contributed by atoms with Gasteiger partial charge in [-0.1, -0.05) is 0 Å². The SMILES string of the molecule is CB=S(=S)=S=S=S. The molecule has 0 amide bonds. The second kappa shape index (κ2) is 5.30. The van der Waals surface area contributed by atoms with Crippen LogP contribution in [0.4, 0.5) is 0 Å². The molecule has 0 aliphatic heterocycles. The Morgan fingerprint density at radius 3 is 2.43 bits per heavy atom. The van der Waals surface area contributed by atoms with Crippen LogP contribution in [0, 0.1) is 0 Å². The molecular formula is CH3BS5. The molecular weight excluding hydrogens is 183 g/mol. The van der Waals surface area contributed by atoms with Gasteiger partial charge in [0.15, 0.2) is 0 Å². The van der Waals surface area contributed by atoms with Crippen molar-refractivity contribution in [1.82, 2.24) is 0 Å². The molecule has 0 spiro atoms. The average Bonchev–Trinajstić information content (AvgIpc) is 1.68. The number of rotatable bonds is 0. The normalized spacial score (nSPS) is 6.43. The van der Waals surface area contributed by atoms with E-state index in [9.17, 15) is 0 Å². The standard InChI is InChI=1S/CH3BS5/c1-2-7(4)6-5-3/h1H3. The third-order valence-corrected chi connectivity index (χ3v) is 7.29. The third kappa shape index (κ3) is 5.03. The predicted octanol–water partition coefficient (Wildman–Crippen LogP) is 0.191. The van der Waals surface area contributed by atoms with Crippen LogP contribution in [0.15, 0.2) is 0 Å². The van der Waals surface area contributed by atoms with Crippen LogP contribution in [0.25, 0.3) is 0 Å². The first kappa shape index (κ1) is 8.16. The fraction of sp³-hybridized carbons (Fsp3) is 1.00. The molecule has 0 rings (SSSR count). The molecule has 7 heavy (non-hydrogen) atoms. The van der Waals surface area contributed by atoms with Crippen molar-refractivity contribution in [1.29, 1.82) is 0 Å². The summed E-state index contributed by atoms with van der Waals surface area (Å²) in [5, 5.41) is 0. The predicted molar refractivity (Wildman–Crippen MR) is 48.4 cm³/mol. The monoisotopic (exact) mass is 186 g/mol. The Kier molecular flexibility index (Phi) is 6.19. The molecule has 6 heteroatoms. The van der Waals surface area contributed by atoms with E-state index in [1.165, 1.54) is 8.88 Å². The summed E-state index contributed by atoms with van der Waals surface area (Å²) in [4.78, 5) is 0. The number of hydrogen-bond donors (Lipinski definition) is 0. The van der Waals surface area contributed by atoms with Crippen LogP contribution in [-0.2, 0) is 47.6 Å². The van der Waals surface area contributed by atoms with Crippen LogP contribution < -0.4 is 0 Å². The topological polar surface area (TPSA) is 0 Å². The van der Waals surface area contributed by atoms with Gasteiger partial charge in [0.1, 0.15) is 0 Å². The summed E-state index contributed by atoms with van der Waals surface area (Å²) in [6.45, 7) is 1.95. The molecule has 0 heterocycles. The van der Waals surface area contributed by atoms with Crippen LogP contribution in [0.3, 0.4) is 0 Å². The molecule has 0 saturated heterocycles. The summed E-state index contributed by atoms with van der Waals surface area (Å²) in [5.41, 5.74) is 0. The first-order chi connectivity index (χ1) is 3.31. The van der Waals surface area contributed by atoms with E-state index < -0.39 is 0 Å². The van der Waals surface area contributed by atoms with E-state index in [-0.39, 0.29) is 7.44 Å². The molecule has 0 nitrogen and oxygen atoms in total. The van der Waals surface area contributed by atoms with Crippen LogP contribution in [0.1, 0.15) is 0 Å². The Bertz CT molecular complexity index is 223. The van der Waals surface area contributed by atoms with Crippen molar-refractivity contribution in [3.05, 3.63) is 0 Å². The molecule has 0 bridgehead atoms. The van der Waals surface area contributed by atoms with Crippen molar-refractivity contribution in [3.63, 3.8) is 0 Å². The maximum atomic E-state index is 4.89. The zero-order valence-corrected chi connectivity index (χ0v) is 7.70. The van der Waals surface area contributed by atoms with Gasteiger partial charge in [0, 0.05) is 0 Å². The van der Waals surface area contributed by atoms with Crippen molar-refractivity contribution in [2.75, 3.05) is 0 Å². The summed E-state index contributed by atoms with van der Waals surface area (Å²) in [6.07, 6.45) is 1.97. The van der Waals surface area contributed by atoms with Crippen molar-refractivity contribution >= 4 is 53.7 Å². The third-order valence-electron chi connectivity index (χ3n) is 0.287. The molecule has 0 radical (unpaired) electrons. The van der Waals surface area contributed by atoms with E-state index in [0.717, 1.165) is 0 Å². The van der Waals surface area contributed by atoms with E-state index in [4.69, 9.17) is 11.2 Å². The molecule has 0 fully saturated rings. The van der Waals surface area contributed by atoms with Crippen LogP contribution in [0.5, 0.6) is 0 Å². The first-order valence-electron chi connectivity index (χ1n) is 1.48. The van der Waals surface area contributed by atoms with Gasteiger partial charge in [0.2, 0.25) is 0 Å². The summed E-state index contributed by atoms with van der Waals surface area (Å²) >= 11 is 9.48. The Balaban J connectivity index is 5.16. The zero-order valence-electron chi connectivity index (χ0n) is 3.62. The Morgan fingerprint density at radius 2 is 2.29 bits per heavy atom. The summed E-state index contributed by atoms with van der Waals surface area (Å²) in [6, 6.07) is 0. The minimum absolute atomic E-state index is 0.0432. The fourth-order valence-electron chi connectivity index (χ4n) is 0.0667. The molecule has 0 unspecified atom stereocenters. The molecule has 0 aromatic carbocycles. The van der Waals surface area contributed by atoms with Crippen molar-refractivity contribution < 1.29 is 0 Å². The van der Waals surface area contributed by atoms with Gasteiger partial charge in [-0.2, -0.15) is 0 Å². The number of hydrogen-bond acceptors (Lipinski definition) is 2. The Hall–Kier alpha value is 1.16. The quantitative estimate of drug-likeness (QED) is 0.495. The molecule has 0 N–H and O–H groups in total. The van der Waals surface area contributed by atoms with Crippen LogP contribution in [0.2, 0.25) is 6.82 Å². The van der Waals surface area contributed by atoms with E-state index in [1.807, 2.05) is 13.0 Å². The van der Waals surface area contributed by atoms with E-state index in [2.05, 4.69) is 11.2 Å². The van der Waals surface area contributed by atoms with Gasteiger partial charge >= 0.3 is 60.6 Å². The second-order valence-electron chi connectivity index (χ2n) is 0.632. The second-order valence-corrected chi connectivity index (χ2v) is 7.95. The van der Waals surface area contributed by atoms with Gasteiger partial charge in [-0.25, -0.2) is 0 Å². The van der Waals surface area contributed by atoms with Crippen molar-refractivity contribution in [2.24, 2.45) is 0 Å². The van der Waals surface area contributed by atoms with Crippen LogP contribution >= 0.6 is 0 Å². The average molecular weight is 186 g/mol. The fourth-order valence-corrected chi connectivity index (χ4v) is 5.12. The summed E-state index contributed by atoms with van der Waals surface area (Å²) in [7, 11) is 2.82. The van der Waals surface area contributed by atoms with Gasteiger partial charge in [0.05, 0.1) is 0 Å². The van der Waals surface area contributed by atoms with Gasteiger partial charge in [-0.3, -0.25) is 0 Å². The van der Waals surface area contributed by atoms with Gasteiger partial charge in [-0.05, 0) is 0 Å². The zero-order chi connectivity index (χ0) is 5.70. The summed E-state index contributed by atoms with van der Waals surface area (Å²) < 4.78 is 0. The van der Waals surface area contributed by atoms with Crippen molar-refractivity contribution in [3.8, 4) is 0 Å². The van der Waals surface area contributed by atoms with E-state index in [1.54, 1.807) is 8.88 Å².